The van der Waals surface area contributed by atoms with Crippen molar-refractivity contribution in [2.45, 2.75) is 41.2 Å². The van der Waals surface area contributed by atoms with Crippen molar-refractivity contribution in [1.82, 2.24) is 10.3 Å². The number of hydrogen-bond donors (Lipinski definition) is 2. The first-order chi connectivity index (χ1) is 20.0. The number of likely N-dealkylation sites (N-methyl/N-ethyl adjacent to an activating group) is 1. The number of amides is 3. The molecule has 0 saturated carbocycles. The van der Waals surface area contributed by atoms with E-state index in [1.165, 1.54) is 13.0 Å². The Balaban J connectivity index is 1.39. The third-order valence-electron chi connectivity index (χ3n) is 7.14. The molecular weight excluding hydrogens is 528 g/mol. The van der Waals surface area contributed by atoms with Gasteiger partial charge in [0.25, 0.3) is 0 Å². The SMILES string of the molecule is CC(=O)Nc1ccc(C=CC(=O)NCC(=O)N(C)c2ccc(C)c(COc3cccc4ccc(C)nc34)c2C)cc1C. The Morgan fingerprint density at radius 1 is 0.952 bits per heavy atom. The lowest BCUT2D eigenvalue weighted by Crippen LogP contribution is -2.38. The Labute approximate surface area is 246 Å². The zero-order chi connectivity index (χ0) is 30.4. The zero-order valence-electron chi connectivity index (χ0n) is 24.9. The van der Waals surface area contributed by atoms with Gasteiger partial charge in [0.15, 0.2) is 0 Å². The fraction of sp³-hybridized carbons (Fsp3) is 0.235. The predicted molar refractivity (Wildman–Crippen MR) is 168 cm³/mol. The standard InChI is InChI=1S/C34H36N4O4/c1-21-10-16-30(24(4)28(21)20-42-31-9-7-8-27-14-11-23(3)36-34(27)31)38(6)33(41)19-35-32(40)17-13-26-12-15-29(22(2)18-26)37-25(5)39/h7-18H,19-20H2,1-6H3,(H,35,40)(H,37,39). The molecule has 8 heteroatoms. The fourth-order valence-corrected chi connectivity index (χ4v) is 4.72. The predicted octanol–water partition coefficient (Wildman–Crippen LogP) is 5.80. The molecule has 1 aromatic heterocycles. The summed E-state index contributed by atoms with van der Waals surface area (Å²) in [5.41, 5.74) is 7.87. The number of nitrogens with zero attached hydrogens (tertiary/aromatic N) is 2. The van der Waals surface area contributed by atoms with Gasteiger partial charge in [0, 0.05) is 42.5 Å². The smallest absolute Gasteiger partial charge is 0.246 e. The molecule has 4 rings (SSSR count). The van der Waals surface area contributed by atoms with Gasteiger partial charge in [-0.05, 0) is 91.9 Å². The highest BCUT2D eigenvalue weighted by Crippen LogP contribution is 2.29. The summed E-state index contributed by atoms with van der Waals surface area (Å²) < 4.78 is 6.24. The fourth-order valence-electron chi connectivity index (χ4n) is 4.72. The number of anilines is 2. The van der Waals surface area contributed by atoms with Crippen LogP contribution in [0.4, 0.5) is 11.4 Å². The molecule has 0 aliphatic carbocycles. The largest absolute Gasteiger partial charge is 0.487 e. The molecule has 0 spiro atoms. The van der Waals surface area contributed by atoms with Crippen molar-refractivity contribution in [2.24, 2.45) is 0 Å². The maximum Gasteiger partial charge on any atom is 0.246 e. The van der Waals surface area contributed by atoms with Crippen LogP contribution in [0, 0.1) is 27.7 Å². The maximum absolute atomic E-state index is 13.0. The second-order valence-corrected chi connectivity index (χ2v) is 10.3. The molecule has 42 heavy (non-hydrogen) atoms. The summed E-state index contributed by atoms with van der Waals surface area (Å²) in [5, 5.41) is 6.44. The van der Waals surface area contributed by atoms with Crippen LogP contribution in [-0.2, 0) is 21.0 Å². The molecule has 8 nitrogen and oxygen atoms in total. The molecule has 0 bridgehead atoms. The summed E-state index contributed by atoms with van der Waals surface area (Å²) in [5.74, 6) is -0.0671. The van der Waals surface area contributed by atoms with Crippen molar-refractivity contribution in [1.29, 1.82) is 0 Å². The van der Waals surface area contributed by atoms with Gasteiger partial charge in [-0.1, -0.05) is 30.3 Å². The molecule has 0 unspecified atom stereocenters. The van der Waals surface area contributed by atoms with Gasteiger partial charge in [0.2, 0.25) is 17.7 Å². The minimum absolute atomic E-state index is 0.144. The molecule has 0 saturated heterocycles. The van der Waals surface area contributed by atoms with Crippen LogP contribution in [0.3, 0.4) is 0 Å². The topological polar surface area (TPSA) is 101 Å². The number of carbonyl (C=O) groups is 3. The van der Waals surface area contributed by atoms with E-state index < -0.39 is 0 Å². The Hall–Kier alpha value is -4.98. The van der Waals surface area contributed by atoms with E-state index in [4.69, 9.17) is 4.74 Å². The van der Waals surface area contributed by atoms with Crippen LogP contribution in [0.5, 0.6) is 5.75 Å². The van der Waals surface area contributed by atoms with Crippen LogP contribution in [0.25, 0.3) is 17.0 Å². The molecule has 2 N–H and O–H groups in total. The Kier molecular flexibility index (Phi) is 9.37. The molecule has 4 aromatic rings. The Morgan fingerprint density at radius 3 is 2.48 bits per heavy atom. The molecule has 3 amide bonds. The monoisotopic (exact) mass is 564 g/mol. The lowest BCUT2D eigenvalue weighted by Gasteiger charge is -2.23. The Bertz CT molecular complexity index is 1690. The number of ether oxygens (including phenoxy) is 1. The first-order valence-electron chi connectivity index (χ1n) is 13.7. The van der Waals surface area contributed by atoms with Gasteiger partial charge in [0.1, 0.15) is 17.9 Å². The van der Waals surface area contributed by atoms with Gasteiger partial charge in [-0.15, -0.1) is 0 Å². The average molecular weight is 565 g/mol. The van der Waals surface area contributed by atoms with Crippen molar-refractivity contribution in [3.63, 3.8) is 0 Å². The number of hydrogen-bond acceptors (Lipinski definition) is 5. The molecule has 0 atom stereocenters. The van der Waals surface area contributed by atoms with Crippen LogP contribution < -0.4 is 20.3 Å². The second kappa shape index (κ2) is 13.1. The van der Waals surface area contributed by atoms with Crippen LogP contribution in [0.15, 0.2) is 66.7 Å². The molecule has 216 valence electrons. The highest BCUT2D eigenvalue weighted by Gasteiger charge is 2.17. The summed E-state index contributed by atoms with van der Waals surface area (Å²) in [4.78, 5) is 42.9. The highest BCUT2D eigenvalue weighted by atomic mass is 16.5. The number of aromatic nitrogens is 1. The average Bonchev–Trinajstić information content (AvgIpc) is 2.95. The van der Waals surface area contributed by atoms with Crippen molar-refractivity contribution in [3.8, 4) is 5.75 Å². The zero-order valence-corrected chi connectivity index (χ0v) is 24.9. The van der Waals surface area contributed by atoms with E-state index in [1.807, 2.05) is 76.2 Å². The van der Waals surface area contributed by atoms with Crippen molar-refractivity contribution in [3.05, 3.63) is 100 Å². The van der Waals surface area contributed by atoms with E-state index in [9.17, 15) is 14.4 Å². The molecule has 0 aliphatic rings. The Morgan fingerprint density at radius 2 is 1.74 bits per heavy atom. The minimum atomic E-state index is -0.381. The van der Waals surface area contributed by atoms with Gasteiger partial charge in [-0.2, -0.15) is 0 Å². The van der Waals surface area contributed by atoms with Crippen LogP contribution in [-0.4, -0.2) is 36.3 Å². The molecule has 3 aromatic carbocycles. The van der Waals surface area contributed by atoms with E-state index in [1.54, 1.807) is 30.2 Å². The maximum atomic E-state index is 13.0. The van der Waals surface area contributed by atoms with E-state index in [0.717, 1.165) is 55.8 Å². The number of carbonyl (C=O) groups excluding carboxylic acids is 3. The van der Waals surface area contributed by atoms with E-state index in [-0.39, 0.29) is 24.3 Å². The number of nitrogens with one attached hydrogen (secondary N) is 2. The molecule has 0 radical (unpaired) electrons. The number of pyridine rings is 1. The number of para-hydroxylation sites is 1. The van der Waals surface area contributed by atoms with Gasteiger partial charge in [-0.25, -0.2) is 4.98 Å². The highest BCUT2D eigenvalue weighted by molar-refractivity contribution is 5.99. The number of aryl methyl sites for hydroxylation is 3. The molecule has 0 aliphatic heterocycles. The minimum Gasteiger partial charge on any atom is -0.487 e. The normalized spacial score (nSPS) is 11.0. The lowest BCUT2D eigenvalue weighted by atomic mass is 10.0. The van der Waals surface area contributed by atoms with E-state index in [2.05, 4.69) is 15.6 Å². The van der Waals surface area contributed by atoms with Gasteiger partial charge < -0.3 is 20.3 Å². The van der Waals surface area contributed by atoms with Crippen LogP contribution in [0.1, 0.15) is 40.4 Å². The van der Waals surface area contributed by atoms with Crippen molar-refractivity contribution >= 4 is 46.1 Å². The number of benzene rings is 3. The summed E-state index contributed by atoms with van der Waals surface area (Å²) in [7, 11) is 1.70. The summed E-state index contributed by atoms with van der Waals surface area (Å²) >= 11 is 0. The first kappa shape index (κ1) is 30.0. The molecule has 0 fully saturated rings. The van der Waals surface area contributed by atoms with Crippen molar-refractivity contribution < 1.29 is 19.1 Å². The molecular formula is C34H36N4O4. The van der Waals surface area contributed by atoms with Crippen molar-refractivity contribution in [2.75, 3.05) is 23.8 Å². The van der Waals surface area contributed by atoms with E-state index in [0.29, 0.717) is 12.4 Å². The molecule has 1 heterocycles. The quantitative estimate of drug-likeness (QED) is 0.250. The van der Waals surface area contributed by atoms with Gasteiger partial charge in [0.05, 0.1) is 6.54 Å². The first-order valence-corrected chi connectivity index (χ1v) is 13.7. The summed E-state index contributed by atoms with van der Waals surface area (Å²) in [6.07, 6.45) is 3.05. The summed E-state index contributed by atoms with van der Waals surface area (Å²) in [6, 6.07) is 19.2. The summed E-state index contributed by atoms with van der Waals surface area (Å²) in [6.45, 7) is 9.45. The van der Waals surface area contributed by atoms with E-state index >= 15 is 0 Å². The van der Waals surface area contributed by atoms with Gasteiger partial charge in [-0.3, -0.25) is 14.4 Å². The van der Waals surface area contributed by atoms with Gasteiger partial charge >= 0.3 is 0 Å². The third-order valence-corrected chi connectivity index (χ3v) is 7.14. The number of rotatable bonds is 9. The number of fused-ring (bicyclic) bond motifs is 1. The lowest BCUT2D eigenvalue weighted by molar-refractivity contribution is -0.122. The third kappa shape index (κ3) is 7.20. The van der Waals surface area contributed by atoms with Crippen LogP contribution in [0.2, 0.25) is 0 Å². The van der Waals surface area contributed by atoms with Crippen LogP contribution >= 0.6 is 0 Å². The second-order valence-electron chi connectivity index (χ2n) is 10.3.